The van der Waals surface area contributed by atoms with Gasteiger partial charge in [0.15, 0.2) is 11.5 Å². The van der Waals surface area contributed by atoms with Gasteiger partial charge in [-0.1, -0.05) is 0 Å². The number of aromatic nitrogens is 6. The first-order valence-electron chi connectivity index (χ1n) is 5.99. The zero-order chi connectivity index (χ0) is 13.9. The van der Waals surface area contributed by atoms with Crippen LogP contribution in [0.15, 0.2) is 29.3 Å². The Kier molecular flexibility index (Phi) is 3.17. The number of fused-ring (bicyclic) bond motifs is 1. The molecule has 0 atom stereocenters. The van der Waals surface area contributed by atoms with Gasteiger partial charge in [0.2, 0.25) is 0 Å². The van der Waals surface area contributed by atoms with Crippen LogP contribution in [-0.4, -0.2) is 43.3 Å². The fourth-order valence-electron chi connectivity index (χ4n) is 1.75. The van der Waals surface area contributed by atoms with E-state index in [0.717, 1.165) is 5.69 Å². The highest BCUT2D eigenvalue weighted by Crippen LogP contribution is 2.12. The first kappa shape index (κ1) is 12.4. The van der Waals surface area contributed by atoms with Gasteiger partial charge in [-0.3, -0.25) is 4.68 Å². The van der Waals surface area contributed by atoms with Crippen LogP contribution in [0, 0.1) is 0 Å². The van der Waals surface area contributed by atoms with Gasteiger partial charge in [0.05, 0.1) is 25.0 Å². The van der Waals surface area contributed by atoms with Gasteiger partial charge in [-0.25, -0.2) is 9.89 Å². The van der Waals surface area contributed by atoms with Crippen LogP contribution in [0.2, 0.25) is 0 Å². The van der Waals surface area contributed by atoms with Gasteiger partial charge in [-0.15, -0.1) is 5.10 Å². The maximum atomic E-state index is 11.4. The van der Waals surface area contributed by atoms with Crippen LogP contribution in [0.4, 0.5) is 11.5 Å². The van der Waals surface area contributed by atoms with E-state index >= 15 is 0 Å². The number of hydrogen-bond donors (Lipinski definition) is 2. The van der Waals surface area contributed by atoms with Crippen molar-refractivity contribution in [2.45, 2.75) is 6.54 Å². The number of methoxy groups -OCH3 is 1. The van der Waals surface area contributed by atoms with E-state index < -0.39 is 0 Å². The highest BCUT2D eigenvalue weighted by atomic mass is 16.5. The normalized spacial score (nSPS) is 11.1. The van der Waals surface area contributed by atoms with Gasteiger partial charge in [0.25, 0.3) is 0 Å². The predicted molar refractivity (Wildman–Crippen MR) is 71.0 cm³/mol. The van der Waals surface area contributed by atoms with Crippen molar-refractivity contribution in [3.63, 3.8) is 0 Å². The molecule has 3 aromatic rings. The molecule has 0 aliphatic heterocycles. The molecule has 0 spiro atoms. The van der Waals surface area contributed by atoms with Crippen molar-refractivity contribution in [2.75, 3.05) is 19.0 Å². The summed E-state index contributed by atoms with van der Waals surface area (Å²) in [6.45, 7) is 1.27. The summed E-state index contributed by atoms with van der Waals surface area (Å²) >= 11 is 0. The Labute approximate surface area is 113 Å². The van der Waals surface area contributed by atoms with Gasteiger partial charge in [0, 0.05) is 13.3 Å². The van der Waals surface area contributed by atoms with Crippen LogP contribution in [0.3, 0.4) is 0 Å². The number of anilines is 2. The van der Waals surface area contributed by atoms with Gasteiger partial charge in [-0.2, -0.15) is 14.7 Å². The molecule has 9 nitrogen and oxygen atoms in total. The Bertz CT molecular complexity index is 772. The number of hydrogen-bond acceptors (Lipinski definition) is 6. The predicted octanol–water partition coefficient (Wildman–Crippen LogP) is 0.00410. The topological polar surface area (TPSA) is 102 Å². The molecular formula is C11H13N7O2. The van der Waals surface area contributed by atoms with Gasteiger partial charge < -0.3 is 10.1 Å². The second-order valence-corrected chi connectivity index (χ2v) is 4.13. The van der Waals surface area contributed by atoms with Crippen molar-refractivity contribution in [1.82, 2.24) is 29.6 Å². The van der Waals surface area contributed by atoms with Crippen molar-refractivity contribution < 1.29 is 4.74 Å². The summed E-state index contributed by atoms with van der Waals surface area (Å²) in [5, 5.41) is 17.5. The Balaban J connectivity index is 1.80. The van der Waals surface area contributed by atoms with E-state index in [9.17, 15) is 4.79 Å². The Hall–Kier alpha value is -2.68. The van der Waals surface area contributed by atoms with Crippen molar-refractivity contribution in [1.29, 1.82) is 0 Å². The summed E-state index contributed by atoms with van der Waals surface area (Å²) in [7, 11) is 1.64. The van der Waals surface area contributed by atoms with Crippen LogP contribution in [0.5, 0.6) is 0 Å². The summed E-state index contributed by atoms with van der Waals surface area (Å²) < 4.78 is 7.93. The van der Waals surface area contributed by atoms with E-state index in [2.05, 4.69) is 25.7 Å². The minimum Gasteiger partial charge on any atom is -0.383 e. The van der Waals surface area contributed by atoms with E-state index in [4.69, 9.17) is 4.74 Å². The molecule has 3 heterocycles. The van der Waals surface area contributed by atoms with E-state index in [0.29, 0.717) is 24.6 Å². The summed E-state index contributed by atoms with van der Waals surface area (Å²) in [5.74, 6) is 0.535. The molecule has 0 fully saturated rings. The molecule has 0 bridgehead atoms. The van der Waals surface area contributed by atoms with Gasteiger partial charge in [0.1, 0.15) is 0 Å². The van der Waals surface area contributed by atoms with Crippen LogP contribution >= 0.6 is 0 Å². The molecule has 2 N–H and O–H groups in total. The number of H-pyrrole nitrogens is 1. The van der Waals surface area contributed by atoms with E-state index in [1.54, 1.807) is 30.1 Å². The lowest BCUT2D eigenvalue weighted by atomic mass is 10.5. The molecule has 3 aromatic heterocycles. The third-order valence-electron chi connectivity index (χ3n) is 2.70. The third-order valence-corrected chi connectivity index (χ3v) is 2.70. The smallest absolute Gasteiger partial charge is 0.364 e. The fourth-order valence-corrected chi connectivity index (χ4v) is 1.75. The second kappa shape index (κ2) is 5.13. The summed E-state index contributed by atoms with van der Waals surface area (Å²) in [5.41, 5.74) is 0.875. The molecule has 0 aliphatic carbocycles. The maximum Gasteiger partial charge on any atom is 0.364 e. The van der Waals surface area contributed by atoms with E-state index in [-0.39, 0.29) is 5.69 Å². The first-order chi connectivity index (χ1) is 9.76. The number of nitrogens with zero attached hydrogens (tertiary/aromatic N) is 5. The fraction of sp³-hybridized carbons (Fsp3) is 0.273. The second-order valence-electron chi connectivity index (χ2n) is 4.13. The minimum atomic E-state index is -0.376. The molecule has 0 aromatic carbocycles. The monoisotopic (exact) mass is 275 g/mol. The Morgan fingerprint density at radius 1 is 1.45 bits per heavy atom. The highest BCUT2D eigenvalue weighted by molar-refractivity contribution is 5.55. The lowest BCUT2D eigenvalue weighted by Crippen LogP contribution is -2.13. The van der Waals surface area contributed by atoms with Gasteiger partial charge >= 0.3 is 5.69 Å². The summed E-state index contributed by atoms with van der Waals surface area (Å²) in [6.07, 6.45) is 3.52. The lowest BCUT2D eigenvalue weighted by molar-refractivity contribution is 0.183. The van der Waals surface area contributed by atoms with Crippen LogP contribution in [-0.2, 0) is 11.3 Å². The largest absolute Gasteiger partial charge is 0.383 e. The number of aromatic amines is 1. The van der Waals surface area contributed by atoms with Gasteiger partial charge in [-0.05, 0) is 12.1 Å². The quantitative estimate of drug-likeness (QED) is 0.679. The molecule has 0 amide bonds. The van der Waals surface area contributed by atoms with Crippen molar-refractivity contribution in [3.8, 4) is 0 Å². The van der Waals surface area contributed by atoms with E-state index in [1.165, 1.54) is 4.52 Å². The first-order valence-corrected chi connectivity index (χ1v) is 5.99. The molecule has 104 valence electrons. The number of ether oxygens (including phenoxy) is 1. The maximum absolute atomic E-state index is 11.4. The molecule has 9 heteroatoms. The zero-order valence-corrected chi connectivity index (χ0v) is 10.8. The van der Waals surface area contributed by atoms with Crippen molar-refractivity contribution in [3.05, 3.63) is 35.0 Å². The Morgan fingerprint density at radius 2 is 2.35 bits per heavy atom. The van der Waals surface area contributed by atoms with Crippen LogP contribution in [0.25, 0.3) is 5.65 Å². The molecule has 3 rings (SSSR count). The molecule has 0 saturated carbocycles. The van der Waals surface area contributed by atoms with Crippen LogP contribution < -0.4 is 11.0 Å². The molecule has 0 unspecified atom stereocenters. The third kappa shape index (κ3) is 2.38. The molecule has 0 radical (unpaired) electrons. The molecule has 0 saturated heterocycles. The highest BCUT2D eigenvalue weighted by Gasteiger charge is 2.04. The molecular weight excluding hydrogens is 262 g/mol. The average molecular weight is 275 g/mol. The lowest BCUT2D eigenvalue weighted by Gasteiger charge is -2.02. The Morgan fingerprint density at radius 3 is 3.20 bits per heavy atom. The van der Waals surface area contributed by atoms with E-state index in [1.807, 2.05) is 6.20 Å². The summed E-state index contributed by atoms with van der Waals surface area (Å²) in [6, 6.07) is 3.44. The number of rotatable bonds is 5. The SMILES string of the molecule is COCCn1cc(Nc2ccc3n[nH]c(=O)n3n2)cn1. The van der Waals surface area contributed by atoms with Crippen LogP contribution in [0.1, 0.15) is 0 Å². The molecule has 20 heavy (non-hydrogen) atoms. The molecule has 0 aliphatic rings. The zero-order valence-electron chi connectivity index (χ0n) is 10.8. The average Bonchev–Trinajstić information content (AvgIpc) is 3.04. The summed E-state index contributed by atoms with van der Waals surface area (Å²) in [4.78, 5) is 11.4. The van der Waals surface area contributed by atoms with Crippen molar-refractivity contribution >= 4 is 17.2 Å². The number of nitrogens with one attached hydrogen (secondary N) is 2. The minimum absolute atomic E-state index is 0.376. The standard InChI is InChI=1S/C11H13N7O2/c1-20-5-4-17-7-8(6-12-17)13-9-2-3-10-14-15-11(19)18(10)16-9/h2-3,6-7H,4-5H2,1H3,(H,13,16)(H,15,19). The van der Waals surface area contributed by atoms with Crippen molar-refractivity contribution in [2.24, 2.45) is 0 Å².